The molecule has 2 saturated heterocycles. The summed E-state index contributed by atoms with van der Waals surface area (Å²) in [6.45, 7) is 11.2. The van der Waals surface area contributed by atoms with Crippen LogP contribution < -0.4 is 26.6 Å². The Morgan fingerprint density at radius 2 is 1.47 bits per heavy atom. The molecule has 3 aromatic carbocycles. The van der Waals surface area contributed by atoms with Crippen molar-refractivity contribution in [2.45, 2.75) is 115 Å². The number of fused-ring (bicyclic) bond motifs is 3. The van der Waals surface area contributed by atoms with Gasteiger partial charge in [-0.25, -0.2) is 0 Å². The predicted octanol–water partition coefficient (Wildman–Crippen LogP) is 5.93. The fourth-order valence-electron chi connectivity index (χ4n) is 9.94. The van der Waals surface area contributed by atoms with Crippen molar-refractivity contribution in [2.75, 3.05) is 12.8 Å². The number of benzene rings is 3. The summed E-state index contributed by atoms with van der Waals surface area (Å²) in [6.07, 6.45) is 3.52. The van der Waals surface area contributed by atoms with Crippen LogP contribution in [-0.2, 0) is 45.1 Å². The summed E-state index contributed by atoms with van der Waals surface area (Å²) in [5.41, 5.74) is 6.11. The Hall–Kier alpha value is -4.26. The molecule has 5 N–H and O–H groups in total. The van der Waals surface area contributed by atoms with Gasteiger partial charge in [0.15, 0.2) is 0 Å². The molecule has 1 unspecified atom stereocenters. The number of hydrogen-bond donors (Lipinski definition) is 5. The van der Waals surface area contributed by atoms with Crippen LogP contribution in [0.5, 0.6) is 0 Å². The number of nitrogens with one attached hydrogen (secondary N) is 5. The van der Waals surface area contributed by atoms with E-state index in [1.54, 1.807) is 16.7 Å². The number of carbonyl (C=O) groups excluding carboxylic acids is 4. The van der Waals surface area contributed by atoms with Gasteiger partial charge in [0, 0.05) is 19.0 Å². The summed E-state index contributed by atoms with van der Waals surface area (Å²) in [5, 5.41) is 16.0. The molecule has 314 valence electrons. The van der Waals surface area contributed by atoms with Crippen LogP contribution in [0.3, 0.4) is 0 Å². The lowest BCUT2D eigenvalue weighted by molar-refractivity contribution is -0.143. The Balaban J connectivity index is 1.000. The molecule has 4 aliphatic rings. The van der Waals surface area contributed by atoms with Crippen LogP contribution in [-0.4, -0.2) is 69.8 Å². The largest absolute Gasteiger partial charge is 0.367 e. The first-order valence-corrected chi connectivity index (χ1v) is 22.7. The van der Waals surface area contributed by atoms with Gasteiger partial charge in [0.05, 0.1) is 28.4 Å². The zero-order valence-corrected chi connectivity index (χ0v) is 36.8. The van der Waals surface area contributed by atoms with Gasteiger partial charge in [-0.3, -0.25) is 19.2 Å². The van der Waals surface area contributed by atoms with Crippen LogP contribution in [0.4, 0.5) is 0 Å². The minimum atomic E-state index is -0.711. The highest BCUT2D eigenvalue weighted by molar-refractivity contribution is 7.99. The molecule has 4 amide bonds. The number of carbonyl (C=O) groups is 4. The summed E-state index contributed by atoms with van der Waals surface area (Å²) in [6, 6.07) is 22.6. The van der Waals surface area contributed by atoms with E-state index in [4.69, 9.17) is 12.2 Å². The van der Waals surface area contributed by atoms with Gasteiger partial charge < -0.3 is 31.5 Å². The van der Waals surface area contributed by atoms with E-state index in [1.165, 1.54) is 11.1 Å². The minimum Gasteiger partial charge on any atom is -0.367 e. The highest BCUT2D eigenvalue weighted by Crippen LogP contribution is 2.47. The van der Waals surface area contributed by atoms with Gasteiger partial charge in [-0.15, -0.1) is 11.8 Å². The van der Waals surface area contributed by atoms with Crippen molar-refractivity contribution in [1.82, 2.24) is 31.5 Å². The first-order chi connectivity index (χ1) is 28.3. The zero-order valence-electron chi connectivity index (χ0n) is 35.2. The van der Waals surface area contributed by atoms with Crippen molar-refractivity contribution < 1.29 is 19.2 Å². The topological polar surface area (TPSA) is 132 Å². The standard InChI is InChI=1S/C47H60N6O4S2/c1-27-23-33-12-8-9-13-34(33)28(2)39(27)43(55)50-26-31-17-15-30(16-18-31)25-49-42(54)36-20-19-32-11-7-10-14-35(32)40(36)52-44(56)41-47(4,5)24-38-53(41)46(57)37(21-22-59-38)51-45(58)29(3)48-6/h7-18,27-29,36-41,48H,19-26H2,1-6H3,(H,49,54)(H,50,55)(H,51,58)(H,52,56)/t27-,28-,29-,36-,37-,38?,39+,40+,41+/m0/s1. The van der Waals surface area contributed by atoms with Crippen LogP contribution in [0.1, 0.15) is 99.2 Å². The second-order valence-electron chi connectivity index (χ2n) is 17.8. The van der Waals surface area contributed by atoms with Gasteiger partial charge in [-0.05, 0) is 102 Å². The third-order valence-corrected chi connectivity index (χ3v) is 15.1. The number of thiocarbonyl (C=S) groups is 1. The number of thioether (sulfide) groups is 1. The van der Waals surface area contributed by atoms with E-state index in [-0.39, 0.29) is 52.8 Å². The first kappa shape index (κ1) is 42.8. The van der Waals surface area contributed by atoms with Gasteiger partial charge in [0.25, 0.3) is 0 Å². The average molecular weight is 837 g/mol. The number of rotatable bonds is 11. The fraction of sp³-hybridized carbons (Fsp3) is 0.511. The van der Waals surface area contributed by atoms with E-state index in [0.717, 1.165) is 40.8 Å². The SMILES string of the molecule is CN[C@@H](C)C(=S)N[C@H]1CCSC2CC(C)(C)[C@@H](C(=O)N[C@@H]3c4ccccc4CC[C@@H]3C(=O)NCc3ccc(CNC(=O)[C@@H]4[C@@H](C)Cc5ccccc5[C@@H]4C)cc3)N2C1=O. The van der Waals surface area contributed by atoms with Crippen LogP contribution in [0.2, 0.25) is 0 Å². The van der Waals surface area contributed by atoms with Crippen molar-refractivity contribution in [3.05, 3.63) is 106 Å². The predicted molar refractivity (Wildman–Crippen MR) is 238 cm³/mol. The molecule has 2 aliphatic heterocycles. The quantitative estimate of drug-likeness (QED) is 0.150. The van der Waals surface area contributed by atoms with E-state index in [9.17, 15) is 19.2 Å². The van der Waals surface area contributed by atoms with Crippen LogP contribution in [0, 0.1) is 23.2 Å². The molecule has 9 atom stereocenters. The first-order valence-electron chi connectivity index (χ1n) is 21.3. The molecule has 3 aromatic rings. The van der Waals surface area contributed by atoms with E-state index in [0.29, 0.717) is 37.3 Å². The van der Waals surface area contributed by atoms with Gasteiger partial charge in [-0.2, -0.15) is 0 Å². The molecule has 0 bridgehead atoms. The molecular weight excluding hydrogens is 777 g/mol. The number of likely N-dealkylation sites (N-methyl/N-ethyl adjacent to an activating group) is 1. The molecule has 2 fully saturated rings. The van der Waals surface area contributed by atoms with Gasteiger partial charge in [0.2, 0.25) is 23.6 Å². The smallest absolute Gasteiger partial charge is 0.246 e. The summed E-state index contributed by atoms with van der Waals surface area (Å²) < 4.78 is 0. The second-order valence-corrected chi connectivity index (χ2v) is 19.5. The summed E-state index contributed by atoms with van der Waals surface area (Å²) in [5.74, 6) is 0.225. The maximum Gasteiger partial charge on any atom is 0.246 e. The normalized spacial score (nSPS) is 27.6. The Morgan fingerprint density at radius 1 is 0.847 bits per heavy atom. The van der Waals surface area contributed by atoms with Crippen molar-refractivity contribution in [3.8, 4) is 0 Å². The Bertz CT molecular complexity index is 2060. The molecular formula is C47H60N6O4S2. The zero-order chi connectivity index (χ0) is 42.0. The highest BCUT2D eigenvalue weighted by atomic mass is 32.2. The molecule has 7 rings (SSSR count). The van der Waals surface area contributed by atoms with Crippen molar-refractivity contribution in [1.29, 1.82) is 0 Å². The third kappa shape index (κ3) is 9.10. The van der Waals surface area contributed by atoms with Crippen molar-refractivity contribution in [3.63, 3.8) is 0 Å². The lowest BCUT2D eigenvalue weighted by Crippen LogP contribution is -2.58. The highest BCUT2D eigenvalue weighted by Gasteiger charge is 2.55. The molecule has 0 radical (unpaired) electrons. The second kappa shape index (κ2) is 18.2. The average Bonchev–Trinajstić information content (AvgIpc) is 3.42. The maximum absolute atomic E-state index is 14.7. The summed E-state index contributed by atoms with van der Waals surface area (Å²) >= 11 is 7.34. The summed E-state index contributed by atoms with van der Waals surface area (Å²) in [4.78, 5) is 58.8. The van der Waals surface area contributed by atoms with Crippen LogP contribution in [0.15, 0.2) is 72.8 Å². The van der Waals surface area contributed by atoms with Crippen molar-refractivity contribution >= 4 is 52.6 Å². The molecule has 2 heterocycles. The fourth-order valence-corrected chi connectivity index (χ4v) is 11.8. The minimum absolute atomic E-state index is 0.0801. The molecule has 59 heavy (non-hydrogen) atoms. The van der Waals surface area contributed by atoms with Gasteiger partial charge in [0.1, 0.15) is 12.1 Å². The number of nitrogens with zero attached hydrogens (tertiary/aromatic N) is 1. The third-order valence-electron chi connectivity index (χ3n) is 13.3. The monoisotopic (exact) mass is 836 g/mol. The van der Waals surface area contributed by atoms with Crippen molar-refractivity contribution in [2.24, 2.45) is 23.2 Å². The lowest BCUT2D eigenvalue weighted by atomic mass is 9.70. The number of amides is 4. The molecule has 10 nitrogen and oxygen atoms in total. The number of aryl methyl sites for hydroxylation is 1. The van der Waals surface area contributed by atoms with E-state index in [1.807, 2.05) is 56.4 Å². The molecule has 0 spiro atoms. The molecule has 2 aliphatic carbocycles. The van der Waals surface area contributed by atoms with Gasteiger partial charge in [-0.1, -0.05) is 113 Å². The van der Waals surface area contributed by atoms with E-state index >= 15 is 0 Å². The molecule has 12 heteroatoms. The van der Waals surface area contributed by atoms with E-state index < -0.39 is 29.5 Å². The lowest BCUT2D eigenvalue weighted by Gasteiger charge is -2.38. The summed E-state index contributed by atoms with van der Waals surface area (Å²) in [7, 11) is 1.83. The maximum atomic E-state index is 14.7. The Morgan fingerprint density at radius 3 is 2.15 bits per heavy atom. The molecule has 0 saturated carbocycles. The Labute approximate surface area is 359 Å². The van der Waals surface area contributed by atoms with Gasteiger partial charge >= 0.3 is 0 Å². The Kier molecular flexibility index (Phi) is 13.2. The van der Waals surface area contributed by atoms with Crippen LogP contribution >= 0.6 is 24.0 Å². The molecule has 0 aromatic heterocycles. The van der Waals surface area contributed by atoms with Crippen LogP contribution in [0.25, 0.3) is 0 Å². The number of hydrogen-bond acceptors (Lipinski definition) is 7. The van der Waals surface area contributed by atoms with E-state index in [2.05, 4.69) is 84.6 Å².